The van der Waals surface area contributed by atoms with Gasteiger partial charge in [-0.2, -0.15) is 10.5 Å². The van der Waals surface area contributed by atoms with Crippen molar-refractivity contribution in [3.63, 3.8) is 0 Å². The maximum absolute atomic E-state index is 10.3. The van der Waals surface area contributed by atoms with Gasteiger partial charge in [-0.15, -0.1) is 0 Å². The molecule has 5 nitrogen and oxygen atoms in total. The third kappa shape index (κ3) is 5.12. The van der Waals surface area contributed by atoms with E-state index in [4.69, 9.17) is 22.3 Å². The van der Waals surface area contributed by atoms with Gasteiger partial charge in [0.15, 0.2) is 0 Å². The van der Waals surface area contributed by atoms with Crippen LogP contribution in [0, 0.1) is 29.6 Å². The summed E-state index contributed by atoms with van der Waals surface area (Å²) >= 11 is 8.86. The van der Waals surface area contributed by atoms with Crippen LogP contribution in [0.25, 0.3) is 22.0 Å². The standard InChI is InChI=1S/C29H18ClN5S2/c1-17-6-10-20(11-7-17)37-29-24(16-32)26(23(15-31)27(33)35-29)22-14-18-4-2-3-5-25(18)34-28(22)36-21-12-8-19(30)9-13-21/h2-14H,1H3,(H2,33,35). The van der Waals surface area contributed by atoms with Gasteiger partial charge in [0.1, 0.15) is 33.6 Å². The summed E-state index contributed by atoms with van der Waals surface area (Å²) in [5.74, 6) is 0.0710. The topological polar surface area (TPSA) is 99.4 Å². The highest BCUT2D eigenvalue weighted by Crippen LogP contribution is 2.43. The fraction of sp³-hybridized carbons (Fsp3) is 0.0345. The average Bonchev–Trinajstić information content (AvgIpc) is 2.90. The zero-order valence-corrected chi connectivity index (χ0v) is 22.0. The summed E-state index contributed by atoms with van der Waals surface area (Å²) in [5, 5.41) is 23.0. The first kappa shape index (κ1) is 24.7. The molecule has 0 radical (unpaired) electrons. The lowest BCUT2D eigenvalue weighted by Crippen LogP contribution is -2.04. The second-order valence-corrected chi connectivity index (χ2v) is 10.7. The van der Waals surface area contributed by atoms with E-state index in [2.05, 4.69) is 17.1 Å². The van der Waals surface area contributed by atoms with Crippen molar-refractivity contribution in [2.24, 2.45) is 0 Å². The van der Waals surface area contributed by atoms with Crippen LogP contribution in [0.4, 0.5) is 5.82 Å². The zero-order valence-electron chi connectivity index (χ0n) is 19.6. The molecule has 0 aliphatic rings. The summed E-state index contributed by atoms with van der Waals surface area (Å²) in [7, 11) is 0. The lowest BCUT2D eigenvalue weighted by atomic mass is 9.97. The molecule has 5 aromatic rings. The molecule has 0 saturated carbocycles. The zero-order chi connectivity index (χ0) is 25.9. The number of aromatic nitrogens is 2. The number of nitrogen functional groups attached to an aromatic ring is 1. The molecule has 8 heteroatoms. The number of nitriles is 2. The Balaban J connectivity index is 1.76. The van der Waals surface area contributed by atoms with Crippen LogP contribution in [0.15, 0.2) is 98.7 Å². The van der Waals surface area contributed by atoms with Crippen LogP contribution in [-0.2, 0) is 0 Å². The lowest BCUT2D eigenvalue weighted by molar-refractivity contribution is 1.10. The molecule has 0 amide bonds. The van der Waals surface area contributed by atoms with Crippen LogP contribution in [-0.4, -0.2) is 9.97 Å². The molecule has 0 aliphatic carbocycles. The first-order chi connectivity index (χ1) is 18.0. The largest absolute Gasteiger partial charge is 0.383 e. The van der Waals surface area contributed by atoms with Gasteiger partial charge < -0.3 is 5.73 Å². The lowest BCUT2D eigenvalue weighted by Gasteiger charge is -2.16. The first-order valence-corrected chi connectivity index (χ1v) is 13.2. The molecule has 37 heavy (non-hydrogen) atoms. The summed E-state index contributed by atoms with van der Waals surface area (Å²) < 4.78 is 0. The maximum atomic E-state index is 10.3. The van der Waals surface area contributed by atoms with Crippen LogP contribution in [0.1, 0.15) is 16.7 Å². The van der Waals surface area contributed by atoms with E-state index >= 15 is 0 Å². The minimum Gasteiger partial charge on any atom is -0.383 e. The molecule has 0 unspecified atom stereocenters. The molecule has 0 saturated heterocycles. The monoisotopic (exact) mass is 535 g/mol. The Kier molecular flexibility index (Phi) is 7.03. The van der Waals surface area contributed by atoms with Gasteiger partial charge in [0.25, 0.3) is 0 Å². The van der Waals surface area contributed by atoms with Gasteiger partial charge in [-0.1, -0.05) is 71.0 Å². The number of benzene rings is 3. The number of aryl methyl sites for hydroxylation is 1. The SMILES string of the molecule is Cc1ccc(Sc2nc(N)c(C#N)c(-c3cc4ccccc4nc3Sc3ccc(Cl)cc3)c2C#N)cc1. The van der Waals surface area contributed by atoms with E-state index in [0.29, 0.717) is 26.2 Å². The Morgan fingerprint density at radius 1 is 0.784 bits per heavy atom. The Hall–Kier alpha value is -4.01. The number of nitrogens with zero attached hydrogens (tertiary/aromatic N) is 4. The van der Waals surface area contributed by atoms with Crippen molar-refractivity contribution in [1.82, 2.24) is 9.97 Å². The average molecular weight is 536 g/mol. The highest BCUT2D eigenvalue weighted by molar-refractivity contribution is 7.99. The molecule has 3 aromatic carbocycles. The third-order valence-electron chi connectivity index (χ3n) is 5.64. The highest BCUT2D eigenvalue weighted by atomic mass is 35.5. The van der Waals surface area contributed by atoms with E-state index < -0.39 is 0 Å². The maximum Gasteiger partial charge on any atom is 0.143 e. The van der Waals surface area contributed by atoms with E-state index in [1.54, 1.807) is 0 Å². The number of pyridine rings is 2. The quantitative estimate of drug-likeness (QED) is 0.244. The second kappa shape index (κ2) is 10.5. The van der Waals surface area contributed by atoms with Crippen molar-refractivity contribution in [2.75, 3.05) is 5.73 Å². The van der Waals surface area contributed by atoms with Crippen molar-refractivity contribution < 1.29 is 0 Å². The van der Waals surface area contributed by atoms with Crippen molar-refractivity contribution in [1.29, 1.82) is 10.5 Å². The number of hydrogen-bond acceptors (Lipinski definition) is 7. The Labute approximate surface area is 227 Å². The molecule has 5 rings (SSSR count). The van der Waals surface area contributed by atoms with Crippen LogP contribution < -0.4 is 5.73 Å². The molecule has 178 valence electrons. The molecule has 0 atom stereocenters. The number of rotatable bonds is 5. The second-order valence-electron chi connectivity index (χ2n) is 8.16. The van der Waals surface area contributed by atoms with Crippen LogP contribution >= 0.6 is 35.1 Å². The number of anilines is 1. The summed E-state index contributed by atoms with van der Waals surface area (Å²) in [6.45, 7) is 2.01. The predicted octanol–water partition coefficient (Wildman–Crippen LogP) is 7.89. The molecule has 2 N–H and O–H groups in total. The molecule has 2 aromatic heterocycles. The third-order valence-corrected chi connectivity index (χ3v) is 7.90. The van der Waals surface area contributed by atoms with Crippen molar-refractivity contribution in [3.05, 3.63) is 101 Å². The van der Waals surface area contributed by atoms with Crippen molar-refractivity contribution >= 4 is 51.8 Å². The van der Waals surface area contributed by atoms with Crippen LogP contribution in [0.3, 0.4) is 0 Å². The van der Waals surface area contributed by atoms with Crippen molar-refractivity contribution in [2.45, 2.75) is 26.8 Å². The molecule has 0 bridgehead atoms. The van der Waals surface area contributed by atoms with Gasteiger partial charge in [-0.25, -0.2) is 9.97 Å². The Bertz CT molecular complexity index is 1720. The first-order valence-electron chi connectivity index (χ1n) is 11.2. The molecular weight excluding hydrogens is 518 g/mol. The van der Waals surface area contributed by atoms with Gasteiger partial charge in [0, 0.05) is 31.3 Å². The predicted molar refractivity (Wildman–Crippen MR) is 150 cm³/mol. The number of para-hydroxylation sites is 1. The minimum absolute atomic E-state index is 0.0710. The van der Waals surface area contributed by atoms with Gasteiger partial charge in [0.2, 0.25) is 0 Å². The highest BCUT2D eigenvalue weighted by Gasteiger charge is 2.24. The fourth-order valence-corrected chi connectivity index (χ4v) is 5.75. The van der Waals surface area contributed by atoms with Crippen molar-refractivity contribution in [3.8, 4) is 23.3 Å². The Morgan fingerprint density at radius 2 is 1.41 bits per heavy atom. The summed E-state index contributed by atoms with van der Waals surface area (Å²) in [5.41, 5.74) is 9.75. The van der Waals surface area contributed by atoms with Crippen LogP contribution in [0.2, 0.25) is 5.02 Å². The van der Waals surface area contributed by atoms with Gasteiger partial charge in [-0.05, 0) is 55.5 Å². The molecular formula is C29H18ClN5S2. The molecule has 2 heterocycles. The normalized spacial score (nSPS) is 10.7. The number of halogens is 1. The Morgan fingerprint density at radius 3 is 2.08 bits per heavy atom. The van der Waals surface area contributed by atoms with Crippen LogP contribution in [0.5, 0.6) is 0 Å². The van der Waals surface area contributed by atoms with E-state index in [-0.39, 0.29) is 16.9 Å². The summed E-state index contributed by atoms with van der Waals surface area (Å²) in [6.07, 6.45) is 0. The van der Waals surface area contributed by atoms with E-state index in [1.807, 2.05) is 85.8 Å². The number of fused-ring (bicyclic) bond motifs is 1. The number of hydrogen-bond donors (Lipinski definition) is 1. The van der Waals surface area contributed by atoms with E-state index in [1.165, 1.54) is 23.5 Å². The number of nitrogens with two attached hydrogens (primary N) is 1. The molecule has 0 fully saturated rings. The smallest absolute Gasteiger partial charge is 0.143 e. The van der Waals surface area contributed by atoms with E-state index in [0.717, 1.165) is 26.3 Å². The molecule has 0 spiro atoms. The summed E-state index contributed by atoms with van der Waals surface area (Å²) in [4.78, 5) is 11.2. The van der Waals surface area contributed by atoms with Gasteiger partial charge in [-0.3, -0.25) is 0 Å². The van der Waals surface area contributed by atoms with Gasteiger partial charge in [0.05, 0.1) is 11.1 Å². The van der Waals surface area contributed by atoms with E-state index in [9.17, 15) is 10.5 Å². The fourth-order valence-electron chi connectivity index (χ4n) is 3.83. The van der Waals surface area contributed by atoms with Gasteiger partial charge >= 0.3 is 0 Å². The summed E-state index contributed by atoms with van der Waals surface area (Å²) in [6, 6.07) is 29.5. The minimum atomic E-state index is 0.0710. The molecule has 0 aliphatic heterocycles.